The number of nitrogens with one attached hydrogen (secondary N) is 1. The highest BCUT2D eigenvalue weighted by atomic mass is 32.3. The minimum absolute atomic E-state index is 0.0276. The monoisotopic (exact) mass is 639 g/mol. The van der Waals surface area contributed by atoms with Gasteiger partial charge in [-0.05, 0) is 74.1 Å². The van der Waals surface area contributed by atoms with Crippen LogP contribution in [0.2, 0.25) is 0 Å². The summed E-state index contributed by atoms with van der Waals surface area (Å²) in [6.45, 7) is 10.8. The SMILES string of the molecule is Cc1c(CN2CCN(C(=O)OCC3c4ccccc4-c4ccccc43)CC2)cc(NC(=O)OC(C)(C)C)c(C)c1OS(=O)(=O)F. The van der Waals surface area contributed by atoms with Gasteiger partial charge in [-0.3, -0.25) is 10.2 Å². The summed E-state index contributed by atoms with van der Waals surface area (Å²) >= 11 is 0. The third-order valence-electron chi connectivity index (χ3n) is 8.06. The number of halogens is 1. The molecule has 240 valence electrons. The van der Waals surface area contributed by atoms with Gasteiger partial charge in [0.15, 0.2) is 5.75 Å². The molecule has 5 rings (SSSR count). The first-order valence-corrected chi connectivity index (χ1v) is 16.1. The van der Waals surface area contributed by atoms with Gasteiger partial charge in [0, 0.05) is 44.2 Å². The second kappa shape index (κ2) is 12.7. The van der Waals surface area contributed by atoms with Crippen LogP contribution in [0, 0.1) is 13.8 Å². The number of nitrogens with zero attached hydrogens (tertiary/aromatic N) is 2. The van der Waals surface area contributed by atoms with Gasteiger partial charge in [0.1, 0.15) is 12.2 Å². The molecule has 1 fully saturated rings. The van der Waals surface area contributed by atoms with Gasteiger partial charge in [-0.2, -0.15) is 8.42 Å². The van der Waals surface area contributed by atoms with Gasteiger partial charge >= 0.3 is 22.7 Å². The maximum atomic E-state index is 13.6. The Labute approximate surface area is 263 Å². The van der Waals surface area contributed by atoms with Gasteiger partial charge in [-0.15, -0.1) is 0 Å². The number of hydrogen-bond donors (Lipinski definition) is 1. The number of carbonyl (C=O) groups excluding carboxylic acids is 2. The van der Waals surface area contributed by atoms with Crippen molar-refractivity contribution in [3.63, 3.8) is 0 Å². The number of amides is 2. The first-order chi connectivity index (χ1) is 21.2. The van der Waals surface area contributed by atoms with Crippen LogP contribution >= 0.6 is 0 Å². The zero-order chi connectivity index (χ0) is 32.5. The first kappa shape index (κ1) is 32.2. The molecule has 0 saturated carbocycles. The molecule has 45 heavy (non-hydrogen) atoms. The van der Waals surface area contributed by atoms with Crippen LogP contribution in [0.25, 0.3) is 11.1 Å². The van der Waals surface area contributed by atoms with E-state index in [1.165, 1.54) is 6.92 Å². The lowest BCUT2D eigenvalue weighted by Crippen LogP contribution is -2.48. The van der Waals surface area contributed by atoms with Crippen molar-refractivity contribution in [1.82, 2.24) is 9.80 Å². The predicted octanol–water partition coefficient (Wildman–Crippen LogP) is 6.31. The number of anilines is 1. The van der Waals surface area contributed by atoms with Crippen LogP contribution in [-0.4, -0.2) is 68.8 Å². The first-order valence-electron chi connectivity index (χ1n) is 14.8. The Morgan fingerprint density at radius 1 is 0.933 bits per heavy atom. The molecule has 10 nitrogen and oxygen atoms in total. The minimum Gasteiger partial charge on any atom is -0.448 e. The molecule has 1 saturated heterocycles. The molecule has 1 aliphatic carbocycles. The standard InChI is InChI=1S/C33H38FN3O7S/c1-21-23(18-29(35-31(38)43-33(3,4)5)22(2)30(21)44-45(34,40)41)19-36-14-16-37(17-15-36)32(39)42-20-28-26-12-8-6-10-24(26)25-11-7-9-13-27(25)28/h6-13,18,28H,14-17,19-20H2,1-5H3,(H,35,38). The van der Waals surface area contributed by atoms with E-state index in [0.29, 0.717) is 43.9 Å². The molecule has 0 unspecified atom stereocenters. The van der Waals surface area contributed by atoms with Crippen LogP contribution in [0.1, 0.15) is 54.5 Å². The summed E-state index contributed by atoms with van der Waals surface area (Å²) in [5.74, 6) is -0.224. The van der Waals surface area contributed by atoms with E-state index in [1.807, 2.05) is 24.3 Å². The van der Waals surface area contributed by atoms with Crippen molar-refractivity contribution in [2.75, 3.05) is 38.1 Å². The maximum Gasteiger partial charge on any atom is 0.488 e. The molecule has 1 aliphatic heterocycles. The Bertz CT molecular complexity index is 1670. The predicted molar refractivity (Wildman–Crippen MR) is 168 cm³/mol. The van der Waals surface area contributed by atoms with Crippen LogP contribution in [0.3, 0.4) is 0 Å². The fourth-order valence-electron chi connectivity index (χ4n) is 5.89. The molecule has 3 aromatic rings. The molecular formula is C33H38FN3O7S. The van der Waals surface area contributed by atoms with Crippen LogP contribution in [-0.2, 0) is 26.5 Å². The summed E-state index contributed by atoms with van der Waals surface area (Å²) < 4.78 is 52.4. The van der Waals surface area contributed by atoms with Gasteiger partial charge in [-0.1, -0.05) is 52.4 Å². The molecular weight excluding hydrogens is 601 g/mol. The number of piperazine rings is 1. The average Bonchev–Trinajstić information content (AvgIpc) is 3.29. The van der Waals surface area contributed by atoms with Crippen LogP contribution in [0.5, 0.6) is 5.75 Å². The zero-order valence-corrected chi connectivity index (χ0v) is 26.9. The largest absolute Gasteiger partial charge is 0.488 e. The summed E-state index contributed by atoms with van der Waals surface area (Å²) in [7, 11) is -5.32. The van der Waals surface area contributed by atoms with Gasteiger partial charge in [0.25, 0.3) is 0 Å². The van der Waals surface area contributed by atoms with Crippen molar-refractivity contribution in [3.05, 3.63) is 82.4 Å². The van der Waals surface area contributed by atoms with E-state index in [1.54, 1.807) is 38.7 Å². The maximum absolute atomic E-state index is 13.6. The molecule has 0 aromatic heterocycles. The second-order valence-electron chi connectivity index (χ2n) is 12.3. The number of hydrogen-bond acceptors (Lipinski definition) is 8. The highest BCUT2D eigenvalue weighted by Gasteiger charge is 2.31. The molecule has 2 aliphatic rings. The minimum atomic E-state index is -5.32. The van der Waals surface area contributed by atoms with E-state index in [4.69, 9.17) is 13.7 Å². The Morgan fingerprint density at radius 3 is 2.07 bits per heavy atom. The van der Waals surface area contributed by atoms with Gasteiger partial charge in [-0.25, -0.2) is 9.59 Å². The van der Waals surface area contributed by atoms with Gasteiger partial charge < -0.3 is 18.6 Å². The highest BCUT2D eigenvalue weighted by Crippen LogP contribution is 2.44. The molecule has 0 spiro atoms. The summed E-state index contributed by atoms with van der Waals surface area (Å²) in [6, 6.07) is 18.0. The van der Waals surface area contributed by atoms with E-state index < -0.39 is 22.2 Å². The van der Waals surface area contributed by atoms with E-state index in [9.17, 15) is 21.9 Å². The summed E-state index contributed by atoms with van der Waals surface area (Å²) in [5.41, 5.74) is 5.38. The quantitative estimate of drug-likeness (QED) is 0.299. The molecule has 3 aromatic carbocycles. The molecule has 2 amide bonds. The number of rotatable bonds is 7. The zero-order valence-electron chi connectivity index (χ0n) is 26.1. The molecule has 1 N–H and O–H groups in total. The van der Waals surface area contributed by atoms with E-state index in [-0.39, 0.29) is 35.6 Å². The van der Waals surface area contributed by atoms with Crippen molar-refractivity contribution in [1.29, 1.82) is 0 Å². The third kappa shape index (κ3) is 7.56. The van der Waals surface area contributed by atoms with Crippen molar-refractivity contribution >= 4 is 28.4 Å². The van der Waals surface area contributed by atoms with Gasteiger partial charge in [0.05, 0.1) is 5.69 Å². The van der Waals surface area contributed by atoms with Gasteiger partial charge in [0.2, 0.25) is 0 Å². The Kier molecular flexibility index (Phi) is 9.09. The number of benzene rings is 3. The van der Waals surface area contributed by atoms with Crippen molar-refractivity contribution in [2.45, 2.75) is 52.7 Å². The van der Waals surface area contributed by atoms with Crippen LogP contribution in [0.15, 0.2) is 54.6 Å². The molecule has 0 radical (unpaired) electrons. The van der Waals surface area contributed by atoms with Crippen LogP contribution in [0.4, 0.5) is 19.2 Å². The normalized spacial score (nSPS) is 15.3. The fraction of sp³-hybridized carbons (Fsp3) is 0.394. The fourth-order valence-corrected chi connectivity index (χ4v) is 6.34. The smallest absolute Gasteiger partial charge is 0.448 e. The Hall–Kier alpha value is -4.16. The molecule has 0 atom stereocenters. The average molecular weight is 640 g/mol. The number of ether oxygens (including phenoxy) is 2. The Morgan fingerprint density at radius 2 is 1.51 bits per heavy atom. The van der Waals surface area contributed by atoms with E-state index in [2.05, 4.69) is 34.5 Å². The molecule has 12 heteroatoms. The van der Waals surface area contributed by atoms with Crippen molar-refractivity contribution in [2.24, 2.45) is 0 Å². The lowest BCUT2D eigenvalue weighted by atomic mass is 9.98. The summed E-state index contributed by atoms with van der Waals surface area (Å²) in [5, 5.41) is 2.62. The topological polar surface area (TPSA) is 114 Å². The third-order valence-corrected chi connectivity index (χ3v) is 8.43. The second-order valence-corrected chi connectivity index (χ2v) is 13.3. The van der Waals surface area contributed by atoms with E-state index in [0.717, 1.165) is 22.3 Å². The van der Waals surface area contributed by atoms with E-state index >= 15 is 0 Å². The van der Waals surface area contributed by atoms with Crippen molar-refractivity contribution in [3.8, 4) is 16.9 Å². The van der Waals surface area contributed by atoms with Crippen molar-refractivity contribution < 1.29 is 35.5 Å². The lowest BCUT2D eigenvalue weighted by molar-refractivity contribution is 0.0635. The Balaban J connectivity index is 1.24. The number of fused-ring (bicyclic) bond motifs is 3. The number of carbonyl (C=O) groups is 2. The summed E-state index contributed by atoms with van der Waals surface area (Å²) in [6.07, 6.45) is -1.12. The summed E-state index contributed by atoms with van der Waals surface area (Å²) in [4.78, 5) is 29.3. The lowest BCUT2D eigenvalue weighted by Gasteiger charge is -2.34. The molecule has 1 heterocycles. The van der Waals surface area contributed by atoms with Crippen LogP contribution < -0.4 is 9.50 Å². The molecule has 0 bridgehead atoms. The highest BCUT2D eigenvalue weighted by molar-refractivity contribution is 7.81.